The molecule has 1 unspecified atom stereocenters. The lowest BCUT2D eigenvalue weighted by atomic mass is 9.99. The molecule has 0 saturated carbocycles. The molecule has 3 aromatic rings. The van der Waals surface area contributed by atoms with Crippen LogP contribution in [0.1, 0.15) is 17.2 Å². The average Bonchev–Trinajstić information content (AvgIpc) is 2.84. The van der Waals surface area contributed by atoms with E-state index in [4.69, 9.17) is 23.2 Å². The molecule has 3 rings (SSSR count). The van der Waals surface area contributed by atoms with Crippen molar-refractivity contribution < 1.29 is 5.11 Å². The van der Waals surface area contributed by atoms with E-state index in [-0.39, 0.29) is 0 Å². The van der Waals surface area contributed by atoms with Crippen molar-refractivity contribution >= 4 is 23.2 Å². The van der Waals surface area contributed by atoms with Crippen LogP contribution in [0, 0.1) is 0 Å². The molecule has 0 radical (unpaired) electrons. The van der Waals surface area contributed by atoms with Gasteiger partial charge in [0.2, 0.25) is 0 Å². The molecule has 22 heavy (non-hydrogen) atoms. The maximum atomic E-state index is 10.7. The summed E-state index contributed by atoms with van der Waals surface area (Å²) in [4.78, 5) is 0. The first-order valence-electron chi connectivity index (χ1n) is 6.79. The van der Waals surface area contributed by atoms with Gasteiger partial charge in [-0.05, 0) is 17.7 Å². The van der Waals surface area contributed by atoms with Crippen LogP contribution in [0.4, 0.5) is 0 Å². The second kappa shape index (κ2) is 6.13. The van der Waals surface area contributed by atoms with Crippen molar-refractivity contribution in [2.45, 2.75) is 6.10 Å². The standard InChI is InChI=1S/C17H14Cl2N2O/c1-21-17(19)14(15(20-21)11-5-3-2-4-6-11)16(22)12-7-9-13(18)10-8-12/h2-10,16,22H,1H3. The van der Waals surface area contributed by atoms with Gasteiger partial charge in [0.1, 0.15) is 17.0 Å². The molecule has 0 bridgehead atoms. The Balaban J connectivity index is 2.12. The molecule has 0 aliphatic heterocycles. The third kappa shape index (κ3) is 2.75. The lowest BCUT2D eigenvalue weighted by Gasteiger charge is -2.12. The molecule has 0 saturated heterocycles. The second-order valence-electron chi connectivity index (χ2n) is 5.00. The fourth-order valence-corrected chi connectivity index (χ4v) is 2.74. The van der Waals surface area contributed by atoms with Gasteiger partial charge in [-0.3, -0.25) is 4.68 Å². The topological polar surface area (TPSA) is 38.0 Å². The van der Waals surface area contributed by atoms with Gasteiger partial charge in [-0.25, -0.2) is 0 Å². The predicted molar refractivity (Wildman–Crippen MR) is 89.2 cm³/mol. The van der Waals surface area contributed by atoms with Crippen molar-refractivity contribution in [3.63, 3.8) is 0 Å². The van der Waals surface area contributed by atoms with E-state index in [2.05, 4.69) is 5.10 Å². The monoisotopic (exact) mass is 332 g/mol. The van der Waals surface area contributed by atoms with Gasteiger partial charge in [-0.1, -0.05) is 65.7 Å². The predicted octanol–water partition coefficient (Wildman–Crippen LogP) is 4.48. The van der Waals surface area contributed by atoms with Gasteiger partial charge >= 0.3 is 0 Å². The van der Waals surface area contributed by atoms with Gasteiger partial charge in [-0.15, -0.1) is 0 Å². The summed E-state index contributed by atoms with van der Waals surface area (Å²) in [7, 11) is 1.76. The summed E-state index contributed by atoms with van der Waals surface area (Å²) in [6.07, 6.45) is -0.867. The fraction of sp³-hybridized carbons (Fsp3) is 0.118. The maximum Gasteiger partial charge on any atom is 0.133 e. The highest BCUT2D eigenvalue weighted by Crippen LogP contribution is 2.36. The smallest absolute Gasteiger partial charge is 0.133 e. The zero-order chi connectivity index (χ0) is 15.7. The van der Waals surface area contributed by atoms with E-state index >= 15 is 0 Å². The summed E-state index contributed by atoms with van der Waals surface area (Å²) in [5, 5.41) is 16.2. The summed E-state index contributed by atoms with van der Waals surface area (Å²) < 4.78 is 1.57. The molecule has 0 fully saturated rings. The van der Waals surface area contributed by atoms with Gasteiger partial charge in [0.25, 0.3) is 0 Å². The first-order valence-corrected chi connectivity index (χ1v) is 7.55. The van der Waals surface area contributed by atoms with Crippen LogP contribution in [0.5, 0.6) is 0 Å². The molecule has 2 aromatic carbocycles. The van der Waals surface area contributed by atoms with Crippen molar-refractivity contribution in [2.24, 2.45) is 7.05 Å². The molecular weight excluding hydrogens is 319 g/mol. The van der Waals surface area contributed by atoms with Crippen LogP contribution >= 0.6 is 23.2 Å². The first-order chi connectivity index (χ1) is 10.6. The van der Waals surface area contributed by atoms with Crippen LogP contribution in [0.3, 0.4) is 0 Å². The molecule has 1 N–H and O–H groups in total. The molecule has 5 heteroatoms. The number of aliphatic hydroxyl groups is 1. The van der Waals surface area contributed by atoms with Crippen LogP contribution in [0.2, 0.25) is 10.2 Å². The minimum absolute atomic E-state index is 0.418. The minimum Gasteiger partial charge on any atom is -0.383 e. The first kappa shape index (κ1) is 15.1. The third-order valence-electron chi connectivity index (χ3n) is 3.52. The van der Waals surface area contributed by atoms with Crippen LogP contribution in [-0.2, 0) is 7.05 Å². The lowest BCUT2D eigenvalue weighted by Crippen LogP contribution is -2.01. The Morgan fingerprint density at radius 3 is 2.27 bits per heavy atom. The Morgan fingerprint density at radius 1 is 1.00 bits per heavy atom. The van der Waals surface area contributed by atoms with Crippen LogP contribution in [0.25, 0.3) is 11.3 Å². The molecule has 1 aromatic heterocycles. The Bertz CT molecular complexity index is 782. The summed E-state index contributed by atoms with van der Waals surface area (Å²) in [5.41, 5.74) is 2.90. The molecule has 1 atom stereocenters. The Morgan fingerprint density at radius 2 is 1.64 bits per heavy atom. The van der Waals surface area contributed by atoms with E-state index in [1.807, 2.05) is 30.3 Å². The van der Waals surface area contributed by atoms with Gasteiger partial charge < -0.3 is 5.11 Å². The Kier molecular flexibility index (Phi) is 4.21. The normalized spacial score (nSPS) is 12.4. The third-order valence-corrected chi connectivity index (χ3v) is 4.22. The number of nitrogens with zero attached hydrogens (tertiary/aromatic N) is 2. The summed E-state index contributed by atoms with van der Waals surface area (Å²) in [5.74, 6) is 0. The molecule has 112 valence electrons. The van der Waals surface area contributed by atoms with Crippen LogP contribution < -0.4 is 0 Å². The SMILES string of the molecule is Cn1nc(-c2ccccc2)c(C(O)c2ccc(Cl)cc2)c1Cl. The number of hydrogen-bond acceptors (Lipinski definition) is 2. The van der Waals surface area contributed by atoms with Gasteiger partial charge in [0.05, 0.1) is 5.56 Å². The summed E-state index contributed by atoms with van der Waals surface area (Å²) in [6.45, 7) is 0. The van der Waals surface area contributed by atoms with Crippen molar-refractivity contribution in [2.75, 3.05) is 0 Å². The Hall–Kier alpha value is -1.81. The number of aryl methyl sites for hydroxylation is 1. The van der Waals surface area contributed by atoms with E-state index in [0.29, 0.717) is 21.4 Å². The van der Waals surface area contributed by atoms with Crippen molar-refractivity contribution in [1.82, 2.24) is 9.78 Å². The highest BCUT2D eigenvalue weighted by Gasteiger charge is 2.24. The fourth-order valence-electron chi connectivity index (χ4n) is 2.38. The highest BCUT2D eigenvalue weighted by molar-refractivity contribution is 6.31. The molecule has 1 heterocycles. The molecule has 3 nitrogen and oxygen atoms in total. The van der Waals surface area contributed by atoms with E-state index in [1.165, 1.54) is 0 Å². The number of benzene rings is 2. The summed E-state index contributed by atoms with van der Waals surface area (Å²) >= 11 is 12.3. The molecule has 0 spiro atoms. The zero-order valence-corrected chi connectivity index (χ0v) is 13.4. The van der Waals surface area contributed by atoms with Crippen LogP contribution in [0.15, 0.2) is 54.6 Å². The minimum atomic E-state index is -0.867. The summed E-state index contributed by atoms with van der Waals surface area (Å²) in [6, 6.07) is 16.7. The van der Waals surface area contributed by atoms with Gasteiger partial charge in [0, 0.05) is 17.6 Å². The highest BCUT2D eigenvalue weighted by atomic mass is 35.5. The molecular formula is C17H14Cl2N2O. The quantitative estimate of drug-likeness (QED) is 0.768. The van der Waals surface area contributed by atoms with Crippen molar-refractivity contribution in [1.29, 1.82) is 0 Å². The number of aromatic nitrogens is 2. The zero-order valence-electron chi connectivity index (χ0n) is 11.9. The number of halogens is 2. The van der Waals surface area contributed by atoms with Crippen LogP contribution in [-0.4, -0.2) is 14.9 Å². The van der Waals surface area contributed by atoms with Crippen molar-refractivity contribution in [3.05, 3.63) is 75.9 Å². The van der Waals surface area contributed by atoms with Gasteiger partial charge in [0.15, 0.2) is 0 Å². The molecule has 0 aliphatic rings. The number of hydrogen-bond donors (Lipinski definition) is 1. The van der Waals surface area contributed by atoms with Crippen molar-refractivity contribution in [3.8, 4) is 11.3 Å². The Labute approximate surface area is 138 Å². The van der Waals surface area contributed by atoms with E-state index in [1.54, 1.807) is 36.0 Å². The van der Waals surface area contributed by atoms with E-state index < -0.39 is 6.10 Å². The second-order valence-corrected chi connectivity index (χ2v) is 5.79. The number of aliphatic hydroxyl groups excluding tert-OH is 1. The van der Waals surface area contributed by atoms with E-state index in [0.717, 1.165) is 11.1 Å². The maximum absolute atomic E-state index is 10.7. The average molecular weight is 333 g/mol. The number of rotatable bonds is 3. The largest absolute Gasteiger partial charge is 0.383 e. The van der Waals surface area contributed by atoms with Gasteiger partial charge in [-0.2, -0.15) is 5.10 Å². The molecule has 0 amide bonds. The van der Waals surface area contributed by atoms with E-state index in [9.17, 15) is 5.11 Å². The molecule has 0 aliphatic carbocycles. The lowest BCUT2D eigenvalue weighted by molar-refractivity contribution is 0.221.